The number of allylic oxidation sites excluding steroid dienone is 3. The van der Waals surface area contributed by atoms with Gasteiger partial charge in [-0.2, -0.15) is 0 Å². The highest BCUT2D eigenvalue weighted by atomic mass is 16.5. The molecule has 4 saturated carbocycles. The lowest BCUT2D eigenvalue weighted by Crippen LogP contribution is -2.45. The van der Waals surface area contributed by atoms with Crippen molar-refractivity contribution >= 4 is 0 Å². The van der Waals surface area contributed by atoms with Crippen LogP contribution in [0.2, 0.25) is 0 Å². The molecule has 5 aliphatic rings. The van der Waals surface area contributed by atoms with Crippen molar-refractivity contribution in [3.8, 4) is 0 Å². The van der Waals surface area contributed by atoms with E-state index in [4.69, 9.17) is 4.74 Å². The number of hydrogen-bond acceptors (Lipinski definition) is 4. The molecule has 0 bridgehead atoms. The number of ether oxygens (including phenoxy) is 1. The number of nitrogens with zero attached hydrogens (tertiary/aromatic N) is 1. The van der Waals surface area contributed by atoms with Crippen molar-refractivity contribution in [3.05, 3.63) is 23.3 Å². The Bertz CT molecular complexity index is 729. The minimum Gasteiger partial charge on any atom is -0.393 e. The maximum absolute atomic E-state index is 10.0. The Hall–Kier alpha value is -0.680. The van der Waals surface area contributed by atoms with Crippen molar-refractivity contribution in [2.75, 3.05) is 26.2 Å². The van der Waals surface area contributed by atoms with Crippen molar-refractivity contribution in [1.82, 2.24) is 4.90 Å². The van der Waals surface area contributed by atoms with E-state index in [-0.39, 0.29) is 17.8 Å². The van der Waals surface area contributed by atoms with E-state index in [2.05, 4.69) is 30.9 Å². The number of fused-ring (bicyclic) bond motifs is 1. The van der Waals surface area contributed by atoms with Gasteiger partial charge in [0.2, 0.25) is 0 Å². The van der Waals surface area contributed by atoms with Crippen LogP contribution in [0.1, 0.15) is 84.5 Å². The Kier molecular flexibility index (Phi) is 6.61. The summed E-state index contributed by atoms with van der Waals surface area (Å²) in [6, 6.07) is 0. The highest BCUT2D eigenvalue weighted by Crippen LogP contribution is 2.59. The van der Waals surface area contributed by atoms with Crippen LogP contribution in [0.5, 0.6) is 0 Å². The molecular weight excluding hydrogens is 398 g/mol. The summed E-state index contributed by atoms with van der Waals surface area (Å²) in [4.78, 5) is 2.67. The smallest absolute Gasteiger partial charge is 0.0811 e. The molecule has 2 N–H and O–H groups in total. The van der Waals surface area contributed by atoms with Crippen LogP contribution >= 0.6 is 0 Å². The van der Waals surface area contributed by atoms with E-state index >= 15 is 0 Å². The van der Waals surface area contributed by atoms with Gasteiger partial charge < -0.3 is 14.9 Å². The molecule has 0 unspecified atom stereocenters. The van der Waals surface area contributed by atoms with E-state index in [1.807, 2.05) is 0 Å². The van der Waals surface area contributed by atoms with Gasteiger partial charge >= 0.3 is 0 Å². The third kappa shape index (κ3) is 4.76. The fourth-order valence-corrected chi connectivity index (χ4v) is 7.89. The lowest BCUT2D eigenvalue weighted by Gasteiger charge is -2.45. The quantitative estimate of drug-likeness (QED) is 0.638. The van der Waals surface area contributed by atoms with Gasteiger partial charge in [0.25, 0.3) is 0 Å². The van der Waals surface area contributed by atoms with Gasteiger partial charge in [-0.15, -0.1) is 0 Å². The van der Waals surface area contributed by atoms with E-state index in [0.29, 0.717) is 11.8 Å². The molecule has 1 spiro atoms. The largest absolute Gasteiger partial charge is 0.393 e. The summed E-state index contributed by atoms with van der Waals surface area (Å²) >= 11 is 0. The van der Waals surface area contributed by atoms with Crippen molar-refractivity contribution in [3.63, 3.8) is 0 Å². The van der Waals surface area contributed by atoms with Gasteiger partial charge in [-0.1, -0.05) is 37.1 Å². The summed E-state index contributed by atoms with van der Waals surface area (Å²) in [5.74, 6) is 2.33. The van der Waals surface area contributed by atoms with Crippen LogP contribution < -0.4 is 0 Å². The SMILES string of the molecule is C[C@H](CCN1CCOC2(CC2)C1)[C@H]1CC[C@H]2/C(=C/C=C3C[C@@H](O)C[C@H](O)C3)CCC[C@]12C. The fraction of sp³-hybridized carbons (Fsp3) is 0.857. The Labute approximate surface area is 195 Å². The van der Waals surface area contributed by atoms with Crippen LogP contribution in [-0.4, -0.2) is 59.2 Å². The monoisotopic (exact) mass is 443 g/mol. The first-order valence-electron chi connectivity index (χ1n) is 13.5. The molecule has 4 aliphatic carbocycles. The molecular formula is C28H45NO3. The maximum Gasteiger partial charge on any atom is 0.0811 e. The van der Waals surface area contributed by atoms with Gasteiger partial charge in [-0.05, 0) is 100 Å². The van der Waals surface area contributed by atoms with Crippen molar-refractivity contribution < 1.29 is 14.9 Å². The van der Waals surface area contributed by atoms with Gasteiger partial charge in [-0.25, -0.2) is 0 Å². The Morgan fingerprint density at radius 3 is 2.66 bits per heavy atom. The average molecular weight is 444 g/mol. The van der Waals surface area contributed by atoms with Gasteiger partial charge in [0.05, 0.1) is 24.4 Å². The third-order valence-electron chi connectivity index (χ3n) is 9.83. The minimum atomic E-state index is -0.377. The van der Waals surface area contributed by atoms with E-state index in [0.717, 1.165) is 50.3 Å². The first kappa shape index (κ1) is 23.1. The molecule has 5 fully saturated rings. The molecule has 0 aromatic carbocycles. The molecule has 5 rings (SSSR count). The van der Waals surface area contributed by atoms with Crippen molar-refractivity contribution in [2.24, 2.45) is 23.2 Å². The predicted octanol–water partition coefficient (Wildman–Crippen LogP) is 4.85. The third-order valence-corrected chi connectivity index (χ3v) is 9.83. The summed E-state index contributed by atoms with van der Waals surface area (Å²) in [5, 5.41) is 20.0. The van der Waals surface area contributed by atoms with E-state index in [1.54, 1.807) is 5.57 Å². The molecule has 4 nitrogen and oxygen atoms in total. The van der Waals surface area contributed by atoms with Crippen LogP contribution in [0.3, 0.4) is 0 Å². The van der Waals surface area contributed by atoms with Gasteiger partial charge in [0.1, 0.15) is 0 Å². The van der Waals surface area contributed by atoms with Crippen molar-refractivity contribution in [1.29, 1.82) is 0 Å². The summed E-state index contributed by atoms with van der Waals surface area (Å²) in [6.07, 6.45) is 16.3. The number of hydrogen-bond donors (Lipinski definition) is 2. The molecule has 180 valence electrons. The van der Waals surface area contributed by atoms with Gasteiger partial charge in [0, 0.05) is 13.1 Å². The topological polar surface area (TPSA) is 52.9 Å². The van der Waals surface area contributed by atoms with Gasteiger partial charge in [0.15, 0.2) is 0 Å². The lowest BCUT2D eigenvalue weighted by atomic mass is 9.61. The molecule has 1 aliphatic heterocycles. The Morgan fingerprint density at radius 1 is 1.12 bits per heavy atom. The minimum absolute atomic E-state index is 0.244. The van der Waals surface area contributed by atoms with Crippen molar-refractivity contribution in [2.45, 2.75) is 102 Å². The standard InChI is InChI=1S/C28H45NO3/c1-20(9-13-29-14-15-32-28(19-29)11-12-28)25-7-8-26-22(4-3-10-27(25,26)2)6-5-21-16-23(30)18-24(31)17-21/h5-6,20,23-26,30-31H,3-4,7-19H2,1-2H3/b22-6+/t20-,23-,24-,25-,26+,27-/m1/s1. The molecule has 6 atom stereocenters. The lowest BCUT2D eigenvalue weighted by molar-refractivity contribution is -0.0483. The molecule has 0 aromatic heterocycles. The summed E-state index contributed by atoms with van der Waals surface area (Å²) in [7, 11) is 0. The average Bonchev–Trinajstić information content (AvgIpc) is 3.38. The first-order valence-corrected chi connectivity index (χ1v) is 13.5. The van der Waals surface area contributed by atoms with Gasteiger partial charge in [-0.3, -0.25) is 4.90 Å². The zero-order valence-corrected chi connectivity index (χ0v) is 20.4. The second-order valence-electron chi connectivity index (χ2n) is 12.2. The molecule has 0 aromatic rings. The van der Waals surface area contributed by atoms with E-state index < -0.39 is 0 Å². The zero-order valence-electron chi connectivity index (χ0n) is 20.4. The Morgan fingerprint density at radius 2 is 1.91 bits per heavy atom. The normalized spacial score (nSPS) is 41.6. The zero-order chi connectivity index (χ0) is 22.3. The number of aliphatic hydroxyl groups is 2. The summed E-state index contributed by atoms with van der Waals surface area (Å²) < 4.78 is 6.01. The maximum atomic E-state index is 10.0. The predicted molar refractivity (Wildman–Crippen MR) is 128 cm³/mol. The van der Waals surface area contributed by atoms with E-state index in [1.165, 1.54) is 63.5 Å². The molecule has 1 heterocycles. The highest BCUT2D eigenvalue weighted by Gasteiger charge is 2.51. The molecule has 32 heavy (non-hydrogen) atoms. The summed E-state index contributed by atoms with van der Waals surface area (Å²) in [5.41, 5.74) is 3.54. The second-order valence-corrected chi connectivity index (χ2v) is 12.2. The molecule has 0 radical (unpaired) electrons. The van der Waals surface area contributed by atoms with E-state index in [9.17, 15) is 10.2 Å². The number of aliphatic hydroxyl groups excluding tert-OH is 2. The first-order chi connectivity index (χ1) is 15.4. The van der Waals surface area contributed by atoms with Crippen LogP contribution in [0.25, 0.3) is 0 Å². The molecule has 1 saturated heterocycles. The summed E-state index contributed by atoms with van der Waals surface area (Å²) in [6.45, 7) is 9.56. The molecule has 4 heteroatoms. The molecule has 0 amide bonds. The second kappa shape index (κ2) is 9.17. The Balaban J connectivity index is 1.21. The number of morpholine rings is 1. The fourth-order valence-electron chi connectivity index (χ4n) is 7.89. The number of rotatable bonds is 5. The van der Waals surface area contributed by atoms with Crippen LogP contribution in [0, 0.1) is 23.2 Å². The highest BCUT2D eigenvalue weighted by molar-refractivity contribution is 5.26. The van der Waals surface area contributed by atoms with Crippen LogP contribution in [0.4, 0.5) is 0 Å². The van der Waals surface area contributed by atoms with Crippen LogP contribution in [0.15, 0.2) is 23.3 Å². The van der Waals surface area contributed by atoms with Crippen LogP contribution in [-0.2, 0) is 4.74 Å².